The Balaban J connectivity index is 2.59. The van der Waals surface area contributed by atoms with Gasteiger partial charge in [-0.3, -0.25) is 0 Å². The molecule has 0 saturated heterocycles. The Hall–Kier alpha value is -0.560. The Kier molecular flexibility index (Phi) is 5.45. The summed E-state index contributed by atoms with van der Waals surface area (Å²) in [5, 5.41) is 3.57. The lowest BCUT2D eigenvalue weighted by Crippen LogP contribution is -2.32. The summed E-state index contributed by atoms with van der Waals surface area (Å²) in [5.74, 6) is 2.13. The number of hydrogen-bond acceptors (Lipinski definition) is 1. The first-order valence-electron chi connectivity index (χ1n) is 7.05. The van der Waals surface area contributed by atoms with E-state index in [9.17, 15) is 0 Å². The van der Waals surface area contributed by atoms with Crippen molar-refractivity contribution in [1.29, 1.82) is 0 Å². The number of allylic oxidation sites excluding steroid dienone is 3. The Labute approximate surface area is 107 Å². The lowest BCUT2D eigenvalue weighted by molar-refractivity contribution is 0.376. The van der Waals surface area contributed by atoms with Crippen molar-refractivity contribution in [3.05, 3.63) is 23.8 Å². The SMILES string of the molecule is CC(C)NC(C)CC1=CC(C(C)C)C(C)C=C1. The molecule has 1 rings (SSSR count). The molecule has 0 heterocycles. The lowest BCUT2D eigenvalue weighted by Gasteiger charge is -2.27. The maximum atomic E-state index is 3.57. The average Bonchev–Trinajstić information content (AvgIpc) is 2.19. The Morgan fingerprint density at radius 3 is 2.35 bits per heavy atom. The Bertz CT molecular complexity index is 286. The zero-order chi connectivity index (χ0) is 13.0. The normalized spacial score (nSPS) is 26.5. The van der Waals surface area contributed by atoms with E-state index < -0.39 is 0 Å². The van der Waals surface area contributed by atoms with Crippen molar-refractivity contribution >= 4 is 0 Å². The van der Waals surface area contributed by atoms with Crippen LogP contribution in [-0.2, 0) is 0 Å². The second kappa shape index (κ2) is 6.39. The van der Waals surface area contributed by atoms with Crippen LogP contribution >= 0.6 is 0 Å². The molecule has 0 amide bonds. The molecule has 0 radical (unpaired) electrons. The van der Waals surface area contributed by atoms with E-state index >= 15 is 0 Å². The molecule has 0 spiro atoms. The molecular formula is C16H29N. The molecule has 1 aliphatic rings. The molecular weight excluding hydrogens is 206 g/mol. The third kappa shape index (κ3) is 4.67. The standard InChI is InChI=1S/C16H29N/c1-11(2)16-10-15(8-7-13(16)5)9-14(6)17-12(3)4/h7-8,10-14,16-17H,9H2,1-6H3. The first kappa shape index (κ1) is 14.5. The van der Waals surface area contributed by atoms with Crippen molar-refractivity contribution in [2.24, 2.45) is 17.8 Å². The summed E-state index contributed by atoms with van der Waals surface area (Å²) in [4.78, 5) is 0. The van der Waals surface area contributed by atoms with Gasteiger partial charge in [-0.25, -0.2) is 0 Å². The molecule has 3 atom stereocenters. The van der Waals surface area contributed by atoms with Gasteiger partial charge >= 0.3 is 0 Å². The smallest absolute Gasteiger partial charge is 0.00813 e. The minimum Gasteiger partial charge on any atom is -0.312 e. The third-order valence-corrected chi connectivity index (χ3v) is 3.56. The van der Waals surface area contributed by atoms with E-state index in [0.717, 1.165) is 12.3 Å². The van der Waals surface area contributed by atoms with Crippen LogP contribution in [0.1, 0.15) is 48.0 Å². The first-order valence-corrected chi connectivity index (χ1v) is 7.05. The summed E-state index contributed by atoms with van der Waals surface area (Å²) in [6, 6.07) is 1.13. The predicted molar refractivity (Wildman–Crippen MR) is 77.1 cm³/mol. The average molecular weight is 235 g/mol. The zero-order valence-corrected chi connectivity index (χ0v) is 12.3. The molecule has 1 N–H and O–H groups in total. The van der Waals surface area contributed by atoms with Gasteiger partial charge in [0, 0.05) is 12.1 Å². The Morgan fingerprint density at radius 1 is 1.18 bits per heavy atom. The van der Waals surface area contributed by atoms with Crippen molar-refractivity contribution in [1.82, 2.24) is 5.32 Å². The second-order valence-corrected chi connectivity index (χ2v) is 6.21. The van der Waals surface area contributed by atoms with E-state index in [2.05, 4.69) is 65.1 Å². The largest absolute Gasteiger partial charge is 0.312 e. The number of hydrogen-bond donors (Lipinski definition) is 1. The molecule has 0 aromatic heterocycles. The molecule has 1 aliphatic carbocycles. The zero-order valence-electron chi connectivity index (χ0n) is 12.3. The fourth-order valence-corrected chi connectivity index (χ4v) is 2.78. The first-order chi connectivity index (χ1) is 7.90. The van der Waals surface area contributed by atoms with Gasteiger partial charge in [-0.05, 0) is 31.1 Å². The van der Waals surface area contributed by atoms with Crippen molar-refractivity contribution < 1.29 is 0 Å². The van der Waals surface area contributed by atoms with Gasteiger partial charge in [-0.2, -0.15) is 0 Å². The maximum absolute atomic E-state index is 3.57. The van der Waals surface area contributed by atoms with Gasteiger partial charge in [0.05, 0.1) is 0 Å². The second-order valence-electron chi connectivity index (χ2n) is 6.21. The van der Waals surface area contributed by atoms with E-state index in [1.165, 1.54) is 5.57 Å². The molecule has 0 fully saturated rings. The van der Waals surface area contributed by atoms with E-state index in [-0.39, 0.29) is 0 Å². The minimum absolute atomic E-state index is 0.562. The van der Waals surface area contributed by atoms with Crippen molar-refractivity contribution in [3.8, 4) is 0 Å². The van der Waals surface area contributed by atoms with Gasteiger partial charge < -0.3 is 5.32 Å². The van der Waals surface area contributed by atoms with E-state index in [4.69, 9.17) is 0 Å². The highest BCUT2D eigenvalue weighted by Gasteiger charge is 2.20. The summed E-state index contributed by atoms with van der Waals surface area (Å²) >= 11 is 0. The summed E-state index contributed by atoms with van der Waals surface area (Å²) in [5.41, 5.74) is 1.50. The maximum Gasteiger partial charge on any atom is 0.00813 e. The molecule has 1 heteroatoms. The predicted octanol–water partition coefficient (Wildman–Crippen LogP) is 4.17. The van der Waals surface area contributed by atoms with Gasteiger partial charge in [-0.15, -0.1) is 0 Å². The van der Waals surface area contributed by atoms with Crippen molar-refractivity contribution in [2.45, 2.75) is 60.0 Å². The summed E-state index contributed by atoms with van der Waals surface area (Å²) < 4.78 is 0. The van der Waals surface area contributed by atoms with Gasteiger partial charge in [0.2, 0.25) is 0 Å². The van der Waals surface area contributed by atoms with Crippen LogP contribution in [0.4, 0.5) is 0 Å². The van der Waals surface area contributed by atoms with E-state index in [0.29, 0.717) is 23.9 Å². The van der Waals surface area contributed by atoms with Crippen molar-refractivity contribution in [2.75, 3.05) is 0 Å². The lowest BCUT2D eigenvalue weighted by atomic mass is 9.79. The fraction of sp³-hybridized carbons (Fsp3) is 0.750. The molecule has 1 nitrogen and oxygen atoms in total. The van der Waals surface area contributed by atoms with Gasteiger partial charge in [0.25, 0.3) is 0 Å². The van der Waals surface area contributed by atoms with Crippen LogP contribution in [0.5, 0.6) is 0 Å². The van der Waals surface area contributed by atoms with Gasteiger partial charge in [0.1, 0.15) is 0 Å². The monoisotopic (exact) mass is 235 g/mol. The van der Waals surface area contributed by atoms with Crippen LogP contribution < -0.4 is 5.32 Å². The molecule has 17 heavy (non-hydrogen) atoms. The highest BCUT2D eigenvalue weighted by Crippen LogP contribution is 2.30. The van der Waals surface area contributed by atoms with E-state index in [1.807, 2.05) is 0 Å². The Morgan fingerprint density at radius 2 is 1.82 bits per heavy atom. The molecule has 98 valence electrons. The summed E-state index contributed by atoms with van der Waals surface area (Å²) in [7, 11) is 0. The third-order valence-electron chi connectivity index (χ3n) is 3.56. The highest BCUT2D eigenvalue weighted by atomic mass is 14.9. The quantitative estimate of drug-likeness (QED) is 0.754. The topological polar surface area (TPSA) is 12.0 Å². The molecule has 0 aromatic rings. The molecule has 0 bridgehead atoms. The minimum atomic E-state index is 0.562. The molecule has 3 unspecified atom stereocenters. The molecule has 0 saturated carbocycles. The van der Waals surface area contributed by atoms with E-state index in [1.54, 1.807) is 0 Å². The molecule has 0 aliphatic heterocycles. The van der Waals surface area contributed by atoms with Gasteiger partial charge in [-0.1, -0.05) is 58.4 Å². The van der Waals surface area contributed by atoms with Crippen LogP contribution in [-0.4, -0.2) is 12.1 Å². The van der Waals surface area contributed by atoms with Crippen LogP contribution in [0.15, 0.2) is 23.8 Å². The van der Waals surface area contributed by atoms with Crippen molar-refractivity contribution in [3.63, 3.8) is 0 Å². The number of rotatable bonds is 5. The van der Waals surface area contributed by atoms with Crippen LogP contribution in [0.3, 0.4) is 0 Å². The fourth-order valence-electron chi connectivity index (χ4n) is 2.78. The summed E-state index contributed by atoms with van der Waals surface area (Å²) in [6.45, 7) is 13.7. The van der Waals surface area contributed by atoms with Gasteiger partial charge in [0.15, 0.2) is 0 Å². The number of nitrogens with one attached hydrogen (secondary N) is 1. The van der Waals surface area contributed by atoms with Crippen LogP contribution in [0.25, 0.3) is 0 Å². The van der Waals surface area contributed by atoms with Crippen LogP contribution in [0.2, 0.25) is 0 Å². The highest BCUT2D eigenvalue weighted by molar-refractivity contribution is 5.26. The van der Waals surface area contributed by atoms with Crippen LogP contribution in [0, 0.1) is 17.8 Å². The molecule has 0 aromatic carbocycles. The summed E-state index contributed by atoms with van der Waals surface area (Å²) in [6.07, 6.45) is 8.34.